The number of hydrogen-bond acceptors (Lipinski definition) is 7. The van der Waals surface area contributed by atoms with Gasteiger partial charge in [0, 0.05) is 16.3 Å². The highest BCUT2D eigenvalue weighted by Gasteiger charge is 2.36. The Bertz CT molecular complexity index is 869. The molecule has 0 aliphatic carbocycles. The van der Waals surface area contributed by atoms with Crippen molar-refractivity contribution < 1.29 is 9.53 Å². The average Bonchev–Trinajstić information content (AvgIpc) is 3.24. The van der Waals surface area contributed by atoms with Crippen molar-refractivity contribution in [2.45, 2.75) is 44.8 Å². The Kier molecular flexibility index (Phi) is 6.38. The van der Waals surface area contributed by atoms with Crippen LogP contribution >= 0.6 is 23.1 Å². The van der Waals surface area contributed by atoms with E-state index in [9.17, 15) is 4.79 Å². The number of aryl methyl sites for hydroxylation is 1. The van der Waals surface area contributed by atoms with Gasteiger partial charge in [0.1, 0.15) is 12.6 Å². The number of allylic oxidation sites excluding steroid dienone is 1. The summed E-state index contributed by atoms with van der Waals surface area (Å²) in [6.45, 7) is 9.88. The molecule has 2 aromatic rings. The lowest BCUT2D eigenvalue weighted by molar-refractivity contribution is -0.138. The second-order valence-electron chi connectivity index (χ2n) is 6.29. The van der Waals surface area contributed by atoms with Crippen molar-refractivity contribution in [3.8, 4) is 0 Å². The lowest BCUT2D eigenvalue weighted by Gasteiger charge is -2.27. The molecule has 1 aliphatic heterocycles. The fourth-order valence-electron chi connectivity index (χ4n) is 2.88. The summed E-state index contributed by atoms with van der Waals surface area (Å²) in [5.74, 6) is 1.27. The van der Waals surface area contributed by atoms with Crippen molar-refractivity contribution in [1.82, 2.24) is 14.8 Å². The number of ether oxygens (including phenoxy) is 1. The van der Waals surface area contributed by atoms with Crippen LogP contribution in [0.3, 0.4) is 0 Å². The number of rotatable bonds is 8. The topological polar surface area (TPSA) is 69.0 Å². The number of fused-ring (bicyclic) bond motifs is 1. The standard InChI is InChI=1S/C19H24N4O2S2/c1-5-7-10-27-19-21-18-20-13(4)14(17(24)25-9-6-2)15(23(18)22-19)16-12(3)8-11-26-16/h6,8,11,15H,2,5,7,9-10H2,1,3-4H3,(H,20,21,22). The van der Waals surface area contributed by atoms with E-state index in [0.29, 0.717) is 11.5 Å². The number of nitrogens with zero attached hydrogens (tertiary/aromatic N) is 3. The monoisotopic (exact) mass is 404 g/mol. The van der Waals surface area contributed by atoms with E-state index < -0.39 is 0 Å². The molecule has 0 saturated carbocycles. The molecule has 6 nitrogen and oxygen atoms in total. The second kappa shape index (κ2) is 8.75. The van der Waals surface area contributed by atoms with Crippen LogP contribution in [-0.2, 0) is 9.53 Å². The third kappa shape index (κ3) is 4.11. The summed E-state index contributed by atoms with van der Waals surface area (Å²) in [6.07, 6.45) is 3.82. The number of anilines is 1. The van der Waals surface area contributed by atoms with E-state index in [1.54, 1.807) is 29.2 Å². The number of carbonyl (C=O) groups is 1. The summed E-state index contributed by atoms with van der Waals surface area (Å²) >= 11 is 3.25. The first kappa shape index (κ1) is 19.7. The van der Waals surface area contributed by atoms with Gasteiger partial charge < -0.3 is 10.1 Å². The van der Waals surface area contributed by atoms with Crippen LogP contribution in [0.15, 0.2) is 40.5 Å². The predicted molar refractivity (Wildman–Crippen MR) is 110 cm³/mol. The highest BCUT2D eigenvalue weighted by Crippen LogP contribution is 2.40. The Morgan fingerprint density at radius 2 is 2.33 bits per heavy atom. The van der Waals surface area contributed by atoms with Gasteiger partial charge in [-0.15, -0.1) is 16.4 Å². The van der Waals surface area contributed by atoms with E-state index in [0.717, 1.165) is 39.9 Å². The molecule has 1 N–H and O–H groups in total. The Morgan fingerprint density at radius 3 is 3.00 bits per heavy atom. The molecule has 0 fully saturated rings. The van der Waals surface area contributed by atoms with E-state index in [1.165, 1.54) is 0 Å². The Labute approximate surface area is 167 Å². The summed E-state index contributed by atoms with van der Waals surface area (Å²) in [5.41, 5.74) is 2.42. The predicted octanol–water partition coefficient (Wildman–Crippen LogP) is 4.56. The quantitative estimate of drug-likeness (QED) is 0.301. The molecule has 8 heteroatoms. The van der Waals surface area contributed by atoms with E-state index >= 15 is 0 Å². The fraction of sp³-hybridized carbons (Fsp3) is 0.421. The smallest absolute Gasteiger partial charge is 0.338 e. The lowest BCUT2D eigenvalue weighted by atomic mass is 10.00. The molecule has 3 rings (SSSR count). The molecule has 0 amide bonds. The third-order valence-corrected chi connectivity index (χ3v) is 6.26. The number of hydrogen-bond donors (Lipinski definition) is 1. The summed E-state index contributed by atoms with van der Waals surface area (Å²) in [6, 6.07) is 1.71. The van der Waals surface area contributed by atoms with Crippen LogP contribution in [0.4, 0.5) is 5.95 Å². The first-order valence-electron chi connectivity index (χ1n) is 8.96. The van der Waals surface area contributed by atoms with Crippen LogP contribution in [0.2, 0.25) is 0 Å². The Balaban J connectivity index is 2.01. The number of thiophene rings is 1. The maximum absolute atomic E-state index is 12.8. The molecular weight excluding hydrogens is 380 g/mol. The zero-order chi connectivity index (χ0) is 19.4. The zero-order valence-electron chi connectivity index (χ0n) is 15.8. The highest BCUT2D eigenvalue weighted by molar-refractivity contribution is 7.99. The van der Waals surface area contributed by atoms with E-state index in [1.807, 2.05) is 23.9 Å². The molecule has 0 saturated heterocycles. The van der Waals surface area contributed by atoms with Gasteiger partial charge in [0.25, 0.3) is 0 Å². The SMILES string of the molecule is C=CCOC(=O)C1=C(C)Nc2nc(SCCCC)nn2C1c1sccc1C. The van der Waals surface area contributed by atoms with Crippen molar-refractivity contribution in [1.29, 1.82) is 0 Å². The molecule has 1 aliphatic rings. The van der Waals surface area contributed by atoms with Crippen molar-refractivity contribution in [3.05, 3.63) is 45.8 Å². The van der Waals surface area contributed by atoms with Gasteiger partial charge in [-0.2, -0.15) is 4.98 Å². The van der Waals surface area contributed by atoms with Crippen molar-refractivity contribution in [2.24, 2.45) is 0 Å². The molecule has 0 radical (unpaired) electrons. The van der Waals surface area contributed by atoms with Crippen LogP contribution in [0.25, 0.3) is 0 Å². The summed E-state index contributed by atoms with van der Waals surface area (Å²) in [4.78, 5) is 18.5. The van der Waals surface area contributed by atoms with Gasteiger partial charge in [-0.25, -0.2) is 9.48 Å². The maximum Gasteiger partial charge on any atom is 0.338 e. The van der Waals surface area contributed by atoms with Gasteiger partial charge in [0.15, 0.2) is 0 Å². The number of thioether (sulfide) groups is 1. The molecule has 1 atom stereocenters. The molecule has 0 spiro atoms. The number of carbonyl (C=O) groups excluding carboxylic acids is 1. The van der Waals surface area contributed by atoms with Gasteiger partial charge in [-0.05, 0) is 37.3 Å². The van der Waals surface area contributed by atoms with Gasteiger partial charge in [-0.1, -0.05) is 37.8 Å². The van der Waals surface area contributed by atoms with Crippen LogP contribution in [-0.4, -0.2) is 33.1 Å². The van der Waals surface area contributed by atoms with Crippen LogP contribution < -0.4 is 5.32 Å². The number of nitrogens with one attached hydrogen (secondary N) is 1. The van der Waals surface area contributed by atoms with Gasteiger partial charge in [0.2, 0.25) is 11.1 Å². The fourth-order valence-corrected chi connectivity index (χ4v) is 4.82. The second-order valence-corrected chi connectivity index (χ2v) is 8.30. The van der Waals surface area contributed by atoms with Gasteiger partial charge >= 0.3 is 5.97 Å². The maximum atomic E-state index is 12.8. The summed E-state index contributed by atoms with van der Waals surface area (Å²) < 4.78 is 7.16. The summed E-state index contributed by atoms with van der Waals surface area (Å²) in [7, 11) is 0. The van der Waals surface area contributed by atoms with Crippen LogP contribution in [0, 0.1) is 6.92 Å². The van der Waals surface area contributed by atoms with Gasteiger partial charge in [-0.3, -0.25) is 0 Å². The largest absolute Gasteiger partial charge is 0.458 e. The molecule has 1 unspecified atom stereocenters. The molecular formula is C19H24N4O2S2. The zero-order valence-corrected chi connectivity index (χ0v) is 17.5. The molecule has 3 heterocycles. The van der Waals surface area contributed by atoms with Crippen LogP contribution in [0.5, 0.6) is 0 Å². The first-order valence-corrected chi connectivity index (χ1v) is 10.8. The Morgan fingerprint density at radius 1 is 1.52 bits per heavy atom. The van der Waals surface area contributed by atoms with E-state index in [-0.39, 0.29) is 18.6 Å². The molecule has 144 valence electrons. The van der Waals surface area contributed by atoms with Crippen molar-refractivity contribution in [3.63, 3.8) is 0 Å². The first-order chi connectivity index (χ1) is 13.1. The average molecular weight is 405 g/mol. The minimum Gasteiger partial charge on any atom is -0.458 e. The minimum atomic E-state index is -0.362. The summed E-state index contributed by atoms with van der Waals surface area (Å²) in [5, 5.41) is 10.7. The van der Waals surface area contributed by atoms with Crippen molar-refractivity contribution >= 4 is 35.0 Å². The lowest BCUT2D eigenvalue weighted by Crippen LogP contribution is -2.29. The minimum absolute atomic E-state index is 0.175. The molecule has 2 aromatic heterocycles. The van der Waals surface area contributed by atoms with Gasteiger partial charge in [0.05, 0.1) is 5.57 Å². The third-order valence-electron chi connectivity index (χ3n) is 4.26. The number of unbranched alkanes of at least 4 members (excludes halogenated alkanes) is 1. The van der Waals surface area contributed by atoms with E-state index in [4.69, 9.17) is 9.84 Å². The normalized spacial score (nSPS) is 16.0. The van der Waals surface area contributed by atoms with E-state index in [2.05, 4.69) is 29.9 Å². The highest BCUT2D eigenvalue weighted by atomic mass is 32.2. The number of esters is 1. The molecule has 0 bridgehead atoms. The Hall–Kier alpha value is -2.06. The van der Waals surface area contributed by atoms with Crippen LogP contribution in [0.1, 0.15) is 43.2 Å². The molecule has 27 heavy (non-hydrogen) atoms. The number of aromatic nitrogens is 3. The molecule has 0 aromatic carbocycles. The van der Waals surface area contributed by atoms with Crippen molar-refractivity contribution in [2.75, 3.05) is 17.7 Å².